The first-order valence-electron chi connectivity index (χ1n) is 9.95. The molecule has 0 amide bonds. The zero-order valence-corrected chi connectivity index (χ0v) is 20.6. The number of hydrogen-bond acceptors (Lipinski definition) is 6. The number of nitrogen functional groups attached to an aromatic ring is 1. The summed E-state index contributed by atoms with van der Waals surface area (Å²) in [5, 5.41) is 3.25. The number of nitrogens with one attached hydrogen (secondary N) is 1. The molecule has 33 heavy (non-hydrogen) atoms. The first-order chi connectivity index (χ1) is 15.6. The van der Waals surface area contributed by atoms with Crippen LogP contribution in [0, 0.1) is 0 Å². The van der Waals surface area contributed by atoms with E-state index in [1.54, 1.807) is 30.3 Å². The van der Waals surface area contributed by atoms with Gasteiger partial charge >= 0.3 is 29.6 Å². The average Bonchev–Trinajstić information content (AvgIpc) is 2.84. The Balaban J connectivity index is 0.00000259. The first kappa shape index (κ1) is 23.3. The van der Waals surface area contributed by atoms with E-state index in [4.69, 9.17) is 5.73 Å². The Morgan fingerprint density at radius 3 is 2.00 bits per heavy atom. The van der Waals surface area contributed by atoms with Crippen molar-refractivity contribution in [3.63, 3.8) is 0 Å². The van der Waals surface area contributed by atoms with Crippen LogP contribution in [0.3, 0.4) is 0 Å². The van der Waals surface area contributed by atoms with E-state index in [-0.39, 0.29) is 74.9 Å². The van der Waals surface area contributed by atoms with Gasteiger partial charge in [-0.2, -0.15) is 0 Å². The third-order valence-electron chi connectivity index (χ3n) is 5.54. The topological polar surface area (TPSA) is 95.2 Å². The zero-order valence-electron chi connectivity index (χ0n) is 17.8. The van der Waals surface area contributed by atoms with Crippen molar-refractivity contribution in [1.29, 1.82) is 0 Å². The van der Waals surface area contributed by atoms with Crippen molar-refractivity contribution in [3.05, 3.63) is 107 Å². The molecular formula is C26H17N2NaO3S. The monoisotopic (exact) mass is 460 g/mol. The minimum atomic E-state index is -0.357. The van der Waals surface area contributed by atoms with Crippen LogP contribution in [0.15, 0.2) is 89.8 Å². The molecule has 0 unspecified atom stereocenters. The van der Waals surface area contributed by atoms with E-state index in [0.717, 1.165) is 16.8 Å². The molecule has 0 spiro atoms. The molecule has 1 aliphatic carbocycles. The minimum absolute atomic E-state index is 0. The number of rotatable bonds is 4. The first-order valence-corrected chi connectivity index (χ1v) is 10.7. The third kappa shape index (κ3) is 4.12. The molecule has 0 saturated carbocycles. The van der Waals surface area contributed by atoms with Crippen molar-refractivity contribution >= 4 is 40.7 Å². The van der Waals surface area contributed by atoms with Crippen LogP contribution < -0.4 is 40.6 Å². The molecule has 0 aromatic heterocycles. The molecule has 0 bridgehead atoms. The van der Waals surface area contributed by atoms with Crippen molar-refractivity contribution in [2.24, 2.45) is 0 Å². The van der Waals surface area contributed by atoms with Crippen LogP contribution in [-0.4, -0.2) is 16.1 Å². The molecule has 5 rings (SSSR count). The molecule has 4 aromatic rings. The summed E-state index contributed by atoms with van der Waals surface area (Å²) in [5.41, 5.74) is 10.2. The molecule has 4 aromatic carbocycles. The summed E-state index contributed by atoms with van der Waals surface area (Å²) < 4.78 is 11.7. The van der Waals surface area contributed by atoms with Crippen LogP contribution in [0.25, 0.3) is 11.1 Å². The second-order valence-corrected chi connectivity index (χ2v) is 8.05. The standard InChI is InChI=1S/C26H18N2O3S.Na/c27-24-21(32-31)14-20(22-23(24)26(30)19-12-5-4-11-18(19)25(22)29)28-17-10-6-9-16(13-17)15-7-2-1-3-8-15;/h1-14,28,31H,27H2;/q;+1/p-1. The van der Waals surface area contributed by atoms with Crippen LogP contribution in [-0.2, 0) is 0 Å². The zero-order chi connectivity index (χ0) is 22.2. The van der Waals surface area contributed by atoms with Gasteiger partial charge in [-0.25, -0.2) is 12.0 Å². The van der Waals surface area contributed by atoms with Crippen molar-refractivity contribution in [2.75, 3.05) is 11.1 Å². The summed E-state index contributed by atoms with van der Waals surface area (Å²) in [5.74, 6) is -0.657. The smallest absolute Gasteiger partial charge is 0.795 e. The Labute approximate surface area is 217 Å². The van der Waals surface area contributed by atoms with E-state index < -0.39 is 0 Å². The normalized spacial score (nSPS) is 11.9. The second kappa shape index (κ2) is 9.55. The van der Waals surface area contributed by atoms with E-state index in [1.807, 2.05) is 54.6 Å². The number of carbonyl (C=O) groups is 2. The van der Waals surface area contributed by atoms with Gasteiger partial charge in [0.25, 0.3) is 0 Å². The van der Waals surface area contributed by atoms with Gasteiger partial charge in [-0.15, -0.1) is 0 Å². The SMILES string of the molecule is Nc1c(S[O-])cc(Nc2cccc(-c3ccccc3)c2)c2c1C(=O)c1ccccc1C2=O.[Na+]. The number of nitrogens with two attached hydrogens (primary N) is 1. The van der Waals surface area contributed by atoms with Crippen LogP contribution in [0.1, 0.15) is 31.8 Å². The molecule has 0 radical (unpaired) electrons. The number of carbonyl (C=O) groups excluding carboxylic acids is 2. The molecule has 7 heteroatoms. The molecule has 0 aliphatic heterocycles. The Kier molecular flexibility index (Phi) is 6.74. The number of benzene rings is 4. The van der Waals surface area contributed by atoms with Crippen LogP contribution >= 0.6 is 12.0 Å². The second-order valence-electron chi connectivity index (χ2n) is 7.44. The Morgan fingerprint density at radius 1 is 0.727 bits per heavy atom. The fraction of sp³-hybridized carbons (Fsp3) is 0. The molecular weight excluding hydrogens is 443 g/mol. The Hall–Kier alpha value is -2.87. The summed E-state index contributed by atoms with van der Waals surface area (Å²) in [6.45, 7) is 0. The predicted octanol–water partition coefficient (Wildman–Crippen LogP) is 2.68. The van der Waals surface area contributed by atoms with Gasteiger partial charge < -0.3 is 15.6 Å². The van der Waals surface area contributed by atoms with Gasteiger partial charge in [-0.1, -0.05) is 66.7 Å². The molecule has 0 heterocycles. The molecule has 5 nitrogen and oxygen atoms in total. The van der Waals surface area contributed by atoms with E-state index >= 15 is 0 Å². The van der Waals surface area contributed by atoms with E-state index in [2.05, 4.69) is 5.32 Å². The fourth-order valence-corrected chi connectivity index (χ4v) is 4.38. The minimum Gasteiger partial charge on any atom is -0.795 e. The summed E-state index contributed by atoms with van der Waals surface area (Å²) in [6.07, 6.45) is 0. The third-order valence-corrected chi connectivity index (χ3v) is 6.06. The molecule has 0 atom stereocenters. The molecule has 0 saturated heterocycles. The number of anilines is 3. The summed E-state index contributed by atoms with van der Waals surface area (Å²) in [6, 6.07) is 25.8. The largest absolute Gasteiger partial charge is 1.00 e. The van der Waals surface area contributed by atoms with Gasteiger partial charge in [-0.05, 0) is 29.3 Å². The number of fused-ring (bicyclic) bond motifs is 2. The number of hydrogen-bond donors (Lipinski definition) is 2. The molecule has 3 N–H and O–H groups in total. The van der Waals surface area contributed by atoms with Crippen molar-refractivity contribution in [2.45, 2.75) is 4.90 Å². The van der Waals surface area contributed by atoms with Crippen LogP contribution in [0.2, 0.25) is 0 Å². The Bertz CT molecular complexity index is 1390. The fourth-order valence-electron chi connectivity index (χ4n) is 4.02. The van der Waals surface area contributed by atoms with Gasteiger partial charge in [0.1, 0.15) is 0 Å². The van der Waals surface area contributed by atoms with Crippen LogP contribution in [0.5, 0.6) is 0 Å². The average molecular weight is 460 g/mol. The summed E-state index contributed by atoms with van der Waals surface area (Å²) >= 11 is 0.199. The van der Waals surface area contributed by atoms with E-state index in [0.29, 0.717) is 16.8 Å². The number of ketones is 2. The summed E-state index contributed by atoms with van der Waals surface area (Å²) in [4.78, 5) is 26.8. The molecule has 1 aliphatic rings. The molecule has 156 valence electrons. The maximum absolute atomic E-state index is 13.4. The maximum Gasteiger partial charge on any atom is 1.00 e. The van der Waals surface area contributed by atoms with Gasteiger partial charge in [0.2, 0.25) is 0 Å². The summed E-state index contributed by atoms with van der Waals surface area (Å²) in [7, 11) is 0. The van der Waals surface area contributed by atoms with Crippen molar-refractivity contribution < 1.29 is 43.7 Å². The van der Waals surface area contributed by atoms with E-state index in [9.17, 15) is 14.1 Å². The van der Waals surface area contributed by atoms with Crippen molar-refractivity contribution in [3.8, 4) is 11.1 Å². The quantitative estimate of drug-likeness (QED) is 0.243. The van der Waals surface area contributed by atoms with Crippen molar-refractivity contribution in [1.82, 2.24) is 0 Å². The predicted molar refractivity (Wildman–Crippen MR) is 126 cm³/mol. The molecule has 0 fully saturated rings. The van der Waals surface area contributed by atoms with Gasteiger partial charge in [0, 0.05) is 21.7 Å². The van der Waals surface area contributed by atoms with E-state index in [1.165, 1.54) is 0 Å². The Morgan fingerprint density at radius 2 is 1.33 bits per heavy atom. The maximum atomic E-state index is 13.4. The van der Waals surface area contributed by atoms with Gasteiger partial charge in [0.15, 0.2) is 11.6 Å². The van der Waals surface area contributed by atoms with Crippen LogP contribution in [0.4, 0.5) is 17.1 Å². The van der Waals surface area contributed by atoms with Gasteiger partial charge in [0.05, 0.1) is 22.5 Å². The van der Waals surface area contributed by atoms with Gasteiger partial charge in [-0.3, -0.25) is 9.59 Å².